The lowest BCUT2D eigenvalue weighted by atomic mass is 10.0. The van der Waals surface area contributed by atoms with E-state index >= 15 is 0 Å². The molecule has 0 amide bonds. The van der Waals surface area contributed by atoms with Gasteiger partial charge in [-0.05, 0) is 23.6 Å². The average Bonchev–Trinajstić information content (AvgIpc) is 2.34. The molecule has 0 bridgehead atoms. The van der Waals surface area contributed by atoms with Gasteiger partial charge < -0.3 is 0 Å². The third-order valence-corrected chi connectivity index (χ3v) is 2.02. The largest absolute Gasteiger partial charge is 0.257 e. The van der Waals surface area contributed by atoms with Gasteiger partial charge in [-0.3, -0.25) is 4.98 Å². The smallest absolute Gasteiger partial charge is 0.0659 e. The predicted octanol–water partition coefficient (Wildman–Crippen LogP) is 2.73. The first kappa shape index (κ1) is 13.9. The summed E-state index contributed by atoms with van der Waals surface area (Å²) in [6.45, 7) is 10.2. The molecule has 0 aliphatic heterocycles. The van der Waals surface area contributed by atoms with Gasteiger partial charge in [-0.1, -0.05) is 52.8 Å². The van der Waals surface area contributed by atoms with Crippen molar-refractivity contribution in [3.63, 3.8) is 0 Å². The lowest BCUT2D eigenvalue weighted by molar-refractivity contribution is 0.796. The average molecular weight is 205 g/mol. The molecule has 0 spiro atoms. The molecular formula is C14H23N. The zero-order chi connectivity index (χ0) is 11.7. The van der Waals surface area contributed by atoms with E-state index in [4.69, 9.17) is 0 Å². The van der Waals surface area contributed by atoms with E-state index in [0.717, 1.165) is 11.8 Å². The second-order valence-corrected chi connectivity index (χ2v) is 3.06. The monoisotopic (exact) mass is 205 g/mol. The normalized spacial score (nSPS) is 16.5. The maximum atomic E-state index is 4.27. The molecule has 0 fully saturated rings. The van der Waals surface area contributed by atoms with Gasteiger partial charge in [0.2, 0.25) is 0 Å². The molecular weight excluding hydrogens is 182 g/mol. The summed E-state index contributed by atoms with van der Waals surface area (Å²) in [5, 5.41) is 2.43. The standard InChI is InChI=1S/C10H11N.2C2H6/c1-8-4-5-10-9(7-8)3-2-6-11-10;2*1-2/h2-3,5-8H,4H2,1H3;2*1-2H3. The maximum absolute atomic E-state index is 4.27. The summed E-state index contributed by atoms with van der Waals surface area (Å²) in [5.74, 6) is 0.673. The first-order valence-electron chi connectivity index (χ1n) is 5.99. The molecule has 84 valence electrons. The van der Waals surface area contributed by atoms with E-state index in [1.807, 2.05) is 40.0 Å². The minimum absolute atomic E-state index is 0.673. The van der Waals surface area contributed by atoms with E-state index in [1.165, 1.54) is 5.22 Å². The molecule has 0 aromatic carbocycles. The van der Waals surface area contributed by atoms with Gasteiger partial charge in [-0.25, -0.2) is 0 Å². The Morgan fingerprint density at radius 2 is 1.87 bits per heavy atom. The number of aromatic nitrogens is 1. The number of hydrogen-bond donors (Lipinski definition) is 0. The summed E-state index contributed by atoms with van der Waals surface area (Å²) in [4.78, 5) is 4.27. The Kier molecular flexibility index (Phi) is 7.61. The second kappa shape index (κ2) is 8.22. The molecule has 1 aliphatic rings. The van der Waals surface area contributed by atoms with Crippen LogP contribution in [-0.4, -0.2) is 4.98 Å². The SMILES string of the molecule is CC.CC.CC1C=c2cccnc2=CC1. The van der Waals surface area contributed by atoms with Crippen LogP contribution < -0.4 is 10.6 Å². The lowest BCUT2D eigenvalue weighted by Crippen LogP contribution is -2.30. The summed E-state index contributed by atoms with van der Waals surface area (Å²) >= 11 is 0. The highest BCUT2D eigenvalue weighted by Crippen LogP contribution is 2.04. The maximum Gasteiger partial charge on any atom is 0.0659 e. The highest BCUT2D eigenvalue weighted by atomic mass is 14.6. The van der Waals surface area contributed by atoms with Gasteiger partial charge in [0.25, 0.3) is 0 Å². The van der Waals surface area contributed by atoms with Crippen molar-refractivity contribution >= 4 is 12.2 Å². The van der Waals surface area contributed by atoms with E-state index in [9.17, 15) is 0 Å². The van der Waals surface area contributed by atoms with Crippen molar-refractivity contribution in [3.8, 4) is 0 Å². The van der Waals surface area contributed by atoms with Crippen LogP contribution in [0, 0.1) is 5.92 Å². The minimum atomic E-state index is 0.673. The molecule has 0 N–H and O–H groups in total. The minimum Gasteiger partial charge on any atom is -0.257 e. The Morgan fingerprint density at radius 1 is 1.20 bits per heavy atom. The molecule has 1 heteroatoms. The number of rotatable bonds is 0. The molecule has 0 saturated heterocycles. The van der Waals surface area contributed by atoms with Crippen LogP contribution in [0.15, 0.2) is 18.3 Å². The second-order valence-electron chi connectivity index (χ2n) is 3.06. The Hall–Kier alpha value is -1.11. The fourth-order valence-corrected chi connectivity index (χ4v) is 1.41. The molecule has 0 radical (unpaired) electrons. The molecule has 1 aromatic heterocycles. The van der Waals surface area contributed by atoms with Crippen LogP contribution in [0.4, 0.5) is 0 Å². The van der Waals surface area contributed by atoms with Gasteiger partial charge in [0, 0.05) is 6.20 Å². The fraction of sp³-hybridized carbons (Fsp3) is 0.500. The Morgan fingerprint density at radius 3 is 2.53 bits per heavy atom. The summed E-state index contributed by atoms with van der Waals surface area (Å²) in [6.07, 6.45) is 7.46. The number of nitrogens with zero attached hydrogens (tertiary/aromatic N) is 1. The molecule has 1 nitrogen and oxygen atoms in total. The molecule has 1 unspecified atom stereocenters. The van der Waals surface area contributed by atoms with Crippen molar-refractivity contribution in [2.24, 2.45) is 5.92 Å². The molecule has 15 heavy (non-hydrogen) atoms. The van der Waals surface area contributed by atoms with Gasteiger partial charge in [-0.2, -0.15) is 0 Å². The molecule has 0 saturated carbocycles. The van der Waals surface area contributed by atoms with E-state index in [0.29, 0.717) is 5.92 Å². The predicted molar refractivity (Wildman–Crippen MR) is 68.9 cm³/mol. The van der Waals surface area contributed by atoms with Crippen LogP contribution in [0.2, 0.25) is 0 Å². The van der Waals surface area contributed by atoms with E-state index < -0.39 is 0 Å². The zero-order valence-electron chi connectivity index (χ0n) is 10.6. The van der Waals surface area contributed by atoms with E-state index in [2.05, 4.69) is 30.1 Å². The lowest BCUT2D eigenvalue weighted by Gasteiger charge is -2.05. The van der Waals surface area contributed by atoms with E-state index in [1.54, 1.807) is 0 Å². The molecule has 1 aliphatic carbocycles. The summed E-state index contributed by atoms with van der Waals surface area (Å²) in [7, 11) is 0. The van der Waals surface area contributed by atoms with Crippen molar-refractivity contribution in [2.45, 2.75) is 41.0 Å². The van der Waals surface area contributed by atoms with Crippen molar-refractivity contribution in [1.29, 1.82) is 0 Å². The third-order valence-electron chi connectivity index (χ3n) is 2.02. The molecule has 1 aromatic rings. The Balaban J connectivity index is 0.000000442. The topological polar surface area (TPSA) is 12.9 Å². The van der Waals surface area contributed by atoms with Gasteiger partial charge in [0.1, 0.15) is 0 Å². The van der Waals surface area contributed by atoms with Crippen LogP contribution in [0.3, 0.4) is 0 Å². The van der Waals surface area contributed by atoms with Crippen molar-refractivity contribution in [1.82, 2.24) is 4.98 Å². The Labute approximate surface area is 93.6 Å². The molecule has 1 heterocycles. The van der Waals surface area contributed by atoms with Crippen LogP contribution in [0.25, 0.3) is 12.2 Å². The van der Waals surface area contributed by atoms with Gasteiger partial charge in [0.15, 0.2) is 0 Å². The first-order chi connectivity index (χ1) is 7.36. The van der Waals surface area contributed by atoms with Gasteiger partial charge in [0.05, 0.1) is 5.35 Å². The zero-order valence-corrected chi connectivity index (χ0v) is 10.6. The van der Waals surface area contributed by atoms with Crippen molar-refractivity contribution in [3.05, 3.63) is 28.9 Å². The number of fused-ring (bicyclic) bond motifs is 1. The quantitative estimate of drug-likeness (QED) is 0.634. The fourth-order valence-electron chi connectivity index (χ4n) is 1.41. The van der Waals surface area contributed by atoms with Crippen molar-refractivity contribution < 1.29 is 0 Å². The molecule has 1 atom stereocenters. The Bertz CT molecular complexity index is 365. The van der Waals surface area contributed by atoms with Crippen LogP contribution in [-0.2, 0) is 0 Å². The van der Waals surface area contributed by atoms with Gasteiger partial charge in [-0.15, -0.1) is 0 Å². The summed E-state index contributed by atoms with van der Waals surface area (Å²) in [5.41, 5.74) is 0. The van der Waals surface area contributed by atoms with Crippen molar-refractivity contribution in [2.75, 3.05) is 0 Å². The summed E-state index contributed by atoms with van der Waals surface area (Å²) < 4.78 is 0. The van der Waals surface area contributed by atoms with E-state index in [-0.39, 0.29) is 0 Å². The number of hydrogen-bond acceptors (Lipinski definition) is 1. The highest BCUT2D eigenvalue weighted by molar-refractivity contribution is 5.37. The molecule has 2 rings (SSSR count). The van der Waals surface area contributed by atoms with Gasteiger partial charge >= 0.3 is 0 Å². The van der Waals surface area contributed by atoms with Crippen LogP contribution >= 0.6 is 0 Å². The van der Waals surface area contributed by atoms with Crippen LogP contribution in [0.1, 0.15) is 41.0 Å². The first-order valence-corrected chi connectivity index (χ1v) is 5.99. The third kappa shape index (κ3) is 4.28. The van der Waals surface area contributed by atoms with Crippen LogP contribution in [0.5, 0.6) is 0 Å². The highest BCUT2D eigenvalue weighted by Gasteiger charge is 1.99. The summed E-state index contributed by atoms with van der Waals surface area (Å²) in [6, 6.07) is 4.11. The number of pyridine rings is 1.